The standard InChI is InChI=1S/C25H29OP.CHF3O3S/c1-2-3-4-5-12-21-26-22-17-19-25(20-18-22)27(23-13-8-6-9-14-23)24-15-10-7-11-16-24;2-1(3,4)8(5,6)7/h6-11,13-20H,2-5,12,21H2,1H3;(H,5,6,7). The van der Waals surface area contributed by atoms with Gasteiger partial charge < -0.3 is 4.74 Å². The van der Waals surface area contributed by atoms with Crippen molar-refractivity contribution < 1.29 is 30.9 Å². The van der Waals surface area contributed by atoms with E-state index >= 15 is 0 Å². The molecule has 3 aromatic rings. The minimum absolute atomic E-state index is 0.537. The number of ether oxygens (including phenoxy) is 1. The van der Waals surface area contributed by atoms with Gasteiger partial charge in [0.05, 0.1) is 6.61 Å². The molecule has 1 N–H and O–H groups in total. The highest BCUT2D eigenvalue weighted by Crippen LogP contribution is 2.33. The van der Waals surface area contributed by atoms with Gasteiger partial charge in [-0.15, -0.1) is 0 Å². The molecule has 0 spiro atoms. The molecule has 9 heteroatoms. The van der Waals surface area contributed by atoms with E-state index in [2.05, 4.69) is 91.9 Å². The van der Waals surface area contributed by atoms with Crippen LogP contribution in [0.4, 0.5) is 13.2 Å². The fourth-order valence-corrected chi connectivity index (χ4v) is 5.47. The third kappa shape index (κ3) is 10.0. The van der Waals surface area contributed by atoms with Crippen LogP contribution in [0.3, 0.4) is 0 Å². The molecule has 0 bridgehead atoms. The maximum atomic E-state index is 10.7. The monoisotopic (exact) mass is 526 g/mol. The highest BCUT2D eigenvalue weighted by Gasteiger charge is 2.44. The molecule has 0 heterocycles. The van der Waals surface area contributed by atoms with E-state index in [0.29, 0.717) is 0 Å². The molecule has 0 amide bonds. The maximum Gasteiger partial charge on any atom is 0.522 e. The van der Waals surface area contributed by atoms with Gasteiger partial charge in [-0.2, -0.15) is 21.6 Å². The van der Waals surface area contributed by atoms with Gasteiger partial charge in [-0.3, -0.25) is 4.55 Å². The first kappa shape index (κ1) is 28.8. The lowest BCUT2D eigenvalue weighted by Crippen LogP contribution is -2.21. The summed E-state index contributed by atoms with van der Waals surface area (Å²) in [4.78, 5) is 0. The zero-order chi connectivity index (χ0) is 25.7. The van der Waals surface area contributed by atoms with Crippen LogP contribution in [-0.2, 0) is 10.1 Å². The SMILES string of the molecule is CCCCCCCOc1ccc(P(c2ccccc2)c2ccccc2)cc1.O=S(=O)(O)C(F)(F)F. The summed E-state index contributed by atoms with van der Waals surface area (Å²) in [6.45, 7) is 3.06. The van der Waals surface area contributed by atoms with Crippen molar-refractivity contribution in [1.82, 2.24) is 0 Å². The van der Waals surface area contributed by atoms with E-state index in [1.54, 1.807) is 0 Å². The Hall–Kier alpha value is -2.41. The predicted octanol–water partition coefficient (Wildman–Crippen LogP) is 6.19. The normalized spacial score (nSPS) is 11.6. The minimum atomic E-state index is -5.84. The summed E-state index contributed by atoms with van der Waals surface area (Å²) in [5, 5.41) is 4.12. The number of benzene rings is 3. The van der Waals surface area contributed by atoms with E-state index < -0.39 is 23.5 Å². The third-order valence-electron chi connectivity index (χ3n) is 4.93. The van der Waals surface area contributed by atoms with Crippen molar-refractivity contribution in [2.75, 3.05) is 6.61 Å². The molecule has 3 aromatic carbocycles. The molecular weight excluding hydrogens is 496 g/mol. The van der Waals surface area contributed by atoms with Crippen molar-refractivity contribution in [3.8, 4) is 5.75 Å². The van der Waals surface area contributed by atoms with Gasteiger partial charge in [-0.05, 0) is 42.4 Å². The first-order valence-electron chi connectivity index (χ1n) is 11.3. The van der Waals surface area contributed by atoms with Gasteiger partial charge in [-0.25, -0.2) is 0 Å². The van der Waals surface area contributed by atoms with Crippen LogP contribution in [-0.4, -0.2) is 25.1 Å². The molecule has 0 saturated carbocycles. The van der Waals surface area contributed by atoms with Gasteiger partial charge in [0.25, 0.3) is 0 Å². The average Bonchev–Trinajstić information content (AvgIpc) is 2.83. The van der Waals surface area contributed by atoms with Crippen LogP contribution >= 0.6 is 7.92 Å². The summed E-state index contributed by atoms with van der Waals surface area (Å²) < 4.78 is 63.5. The lowest BCUT2D eigenvalue weighted by molar-refractivity contribution is -0.0510. The quantitative estimate of drug-likeness (QED) is 0.148. The zero-order valence-electron chi connectivity index (χ0n) is 19.5. The summed E-state index contributed by atoms with van der Waals surface area (Å²) in [5.41, 5.74) is -5.53. The summed E-state index contributed by atoms with van der Waals surface area (Å²) in [6, 6.07) is 30.3. The Morgan fingerprint density at radius 2 is 1.17 bits per heavy atom. The molecule has 0 aliphatic rings. The fraction of sp³-hybridized carbons (Fsp3) is 0.308. The molecule has 0 fully saturated rings. The lowest BCUT2D eigenvalue weighted by Gasteiger charge is -2.19. The summed E-state index contributed by atoms with van der Waals surface area (Å²) in [6.07, 6.45) is 6.34. The highest BCUT2D eigenvalue weighted by atomic mass is 32.2. The van der Waals surface area contributed by atoms with Crippen LogP contribution in [0.25, 0.3) is 0 Å². The van der Waals surface area contributed by atoms with E-state index in [1.165, 1.54) is 41.6 Å². The molecule has 35 heavy (non-hydrogen) atoms. The molecule has 0 radical (unpaired) electrons. The number of hydrogen-bond donors (Lipinski definition) is 1. The van der Waals surface area contributed by atoms with Crippen LogP contribution in [0.2, 0.25) is 0 Å². The van der Waals surface area contributed by atoms with Crippen LogP contribution in [0.15, 0.2) is 84.9 Å². The van der Waals surface area contributed by atoms with Crippen LogP contribution in [0.1, 0.15) is 39.0 Å². The van der Waals surface area contributed by atoms with Gasteiger partial charge in [0, 0.05) is 0 Å². The molecule has 0 saturated heterocycles. The Labute approximate surface area is 206 Å². The number of halogens is 3. The van der Waals surface area contributed by atoms with Gasteiger partial charge in [0.2, 0.25) is 0 Å². The second kappa shape index (κ2) is 14.2. The Balaban J connectivity index is 0.000000466. The smallest absolute Gasteiger partial charge is 0.494 e. The second-order valence-electron chi connectivity index (χ2n) is 7.68. The minimum Gasteiger partial charge on any atom is -0.494 e. The highest BCUT2D eigenvalue weighted by molar-refractivity contribution is 7.86. The second-order valence-corrected chi connectivity index (χ2v) is 11.3. The summed E-state index contributed by atoms with van der Waals surface area (Å²) in [7, 11) is -6.38. The van der Waals surface area contributed by atoms with Crippen LogP contribution < -0.4 is 20.7 Å². The van der Waals surface area contributed by atoms with Crippen molar-refractivity contribution in [2.24, 2.45) is 0 Å². The first-order chi connectivity index (χ1) is 16.6. The Morgan fingerprint density at radius 1 is 0.743 bits per heavy atom. The number of hydrogen-bond acceptors (Lipinski definition) is 3. The molecule has 0 aliphatic carbocycles. The van der Waals surface area contributed by atoms with Crippen LogP contribution in [0.5, 0.6) is 5.75 Å². The van der Waals surface area contributed by atoms with Gasteiger partial charge in [-0.1, -0.05) is 105 Å². The fourth-order valence-electron chi connectivity index (χ4n) is 3.19. The van der Waals surface area contributed by atoms with E-state index in [1.807, 2.05) is 0 Å². The predicted molar refractivity (Wildman–Crippen MR) is 137 cm³/mol. The van der Waals surface area contributed by atoms with E-state index in [0.717, 1.165) is 18.8 Å². The molecule has 3 rings (SSSR count). The molecule has 0 aliphatic heterocycles. The first-order valence-corrected chi connectivity index (χ1v) is 14.1. The largest absolute Gasteiger partial charge is 0.522 e. The molecule has 0 atom stereocenters. The summed E-state index contributed by atoms with van der Waals surface area (Å²) >= 11 is 0. The van der Waals surface area contributed by atoms with Crippen molar-refractivity contribution in [2.45, 2.75) is 44.5 Å². The Bertz CT molecular complexity index is 1050. The maximum absolute atomic E-state index is 10.7. The van der Waals surface area contributed by atoms with E-state index in [-0.39, 0.29) is 0 Å². The van der Waals surface area contributed by atoms with Crippen molar-refractivity contribution >= 4 is 34.0 Å². The molecule has 0 unspecified atom stereocenters. The summed E-state index contributed by atoms with van der Waals surface area (Å²) in [5.74, 6) is 0.977. The van der Waals surface area contributed by atoms with Crippen molar-refractivity contribution in [3.05, 3.63) is 84.9 Å². The lowest BCUT2D eigenvalue weighted by atomic mass is 10.2. The molecular formula is C26H30F3O4PS. The average molecular weight is 527 g/mol. The van der Waals surface area contributed by atoms with Gasteiger partial charge >= 0.3 is 15.6 Å². The van der Waals surface area contributed by atoms with E-state index in [9.17, 15) is 13.2 Å². The number of alkyl halides is 3. The zero-order valence-corrected chi connectivity index (χ0v) is 21.2. The molecule has 190 valence electrons. The van der Waals surface area contributed by atoms with Crippen LogP contribution in [0, 0.1) is 0 Å². The number of rotatable bonds is 10. The third-order valence-corrected chi connectivity index (χ3v) is 7.96. The van der Waals surface area contributed by atoms with Gasteiger partial charge in [0.1, 0.15) is 5.75 Å². The van der Waals surface area contributed by atoms with E-state index in [4.69, 9.17) is 17.7 Å². The topological polar surface area (TPSA) is 63.6 Å². The molecule has 4 nitrogen and oxygen atoms in total. The Morgan fingerprint density at radius 3 is 1.60 bits per heavy atom. The number of unbranched alkanes of at least 4 members (excludes halogenated alkanes) is 4. The molecule has 0 aromatic heterocycles. The Kier molecular flexibility index (Phi) is 11.7. The van der Waals surface area contributed by atoms with Crippen molar-refractivity contribution in [1.29, 1.82) is 0 Å². The van der Waals surface area contributed by atoms with Crippen molar-refractivity contribution in [3.63, 3.8) is 0 Å². The van der Waals surface area contributed by atoms with Gasteiger partial charge in [0.15, 0.2) is 0 Å².